The predicted molar refractivity (Wildman–Crippen MR) is 63.2 cm³/mol. The first-order valence-electron chi connectivity index (χ1n) is 5.10. The molecule has 0 aromatic carbocycles. The van der Waals surface area contributed by atoms with Crippen molar-refractivity contribution >= 4 is 28.7 Å². The fourth-order valence-corrected chi connectivity index (χ4v) is 1.87. The second-order valence-electron chi connectivity index (χ2n) is 3.49. The van der Waals surface area contributed by atoms with Gasteiger partial charge >= 0.3 is 6.09 Å². The summed E-state index contributed by atoms with van der Waals surface area (Å²) in [5, 5.41) is 11.1. The van der Waals surface area contributed by atoms with Crippen molar-refractivity contribution in [2.24, 2.45) is 0 Å². The molecular weight excluding hydrogens is 244 g/mol. The summed E-state index contributed by atoms with van der Waals surface area (Å²) < 4.78 is 1.92. The lowest BCUT2D eigenvalue weighted by Crippen LogP contribution is -2.22. The van der Waals surface area contributed by atoms with E-state index >= 15 is 0 Å². The molecule has 0 atom stereocenters. The Hall–Kier alpha value is -1.82. The Balaban J connectivity index is 2.06. The molecule has 2 heterocycles. The van der Waals surface area contributed by atoms with E-state index in [2.05, 4.69) is 15.3 Å². The van der Waals surface area contributed by atoms with Gasteiger partial charge in [-0.25, -0.2) is 14.8 Å². The van der Waals surface area contributed by atoms with E-state index in [1.54, 1.807) is 0 Å². The van der Waals surface area contributed by atoms with E-state index in [1.165, 1.54) is 6.33 Å². The number of hydrogen-bond donors (Lipinski definition) is 2. The van der Waals surface area contributed by atoms with Gasteiger partial charge in [0.15, 0.2) is 5.15 Å². The summed E-state index contributed by atoms with van der Waals surface area (Å²) in [6.07, 6.45) is 2.96. The molecule has 0 unspecified atom stereocenters. The van der Waals surface area contributed by atoms with Gasteiger partial charge in [-0.05, 0) is 12.5 Å². The van der Waals surface area contributed by atoms with Gasteiger partial charge < -0.3 is 15.0 Å². The Morgan fingerprint density at radius 2 is 2.35 bits per heavy atom. The van der Waals surface area contributed by atoms with Gasteiger partial charge in [-0.1, -0.05) is 11.6 Å². The van der Waals surface area contributed by atoms with Gasteiger partial charge in [0, 0.05) is 19.3 Å². The van der Waals surface area contributed by atoms with Crippen molar-refractivity contribution in [3.05, 3.63) is 23.7 Å². The number of rotatable bonds is 4. The van der Waals surface area contributed by atoms with Crippen LogP contribution in [0, 0.1) is 0 Å². The van der Waals surface area contributed by atoms with Crippen LogP contribution >= 0.6 is 11.6 Å². The van der Waals surface area contributed by atoms with Crippen molar-refractivity contribution in [2.75, 3.05) is 6.54 Å². The zero-order chi connectivity index (χ0) is 12.3. The molecule has 0 bridgehead atoms. The van der Waals surface area contributed by atoms with Crippen LogP contribution in [0.15, 0.2) is 18.6 Å². The van der Waals surface area contributed by atoms with E-state index in [1.807, 2.05) is 16.8 Å². The highest BCUT2D eigenvalue weighted by Gasteiger charge is 2.06. The average molecular weight is 255 g/mol. The van der Waals surface area contributed by atoms with Crippen molar-refractivity contribution in [3.8, 4) is 0 Å². The van der Waals surface area contributed by atoms with Gasteiger partial charge in [0.1, 0.15) is 11.8 Å². The van der Waals surface area contributed by atoms with Crippen LogP contribution < -0.4 is 5.32 Å². The number of nitrogens with one attached hydrogen (secondary N) is 1. The molecule has 0 aliphatic rings. The molecule has 2 aromatic rings. The summed E-state index contributed by atoms with van der Waals surface area (Å²) in [4.78, 5) is 18.3. The van der Waals surface area contributed by atoms with Crippen molar-refractivity contribution < 1.29 is 9.90 Å². The lowest BCUT2D eigenvalue weighted by Gasteiger charge is -2.05. The molecule has 2 rings (SSSR count). The number of hydrogen-bond acceptors (Lipinski definition) is 3. The summed E-state index contributed by atoms with van der Waals surface area (Å²) >= 11 is 5.99. The Morgan fingerprint density at radius 1 is 1.53 bits per heavy atom. The molecule has 0 spiro atoms. The number of carbonyl (C=O) groups is 1. The number of carboxylic acid groups (broad SMARTS) is 1. The molecule has 7 heteroatoms. The Bertz CT molecular complexity index is 540. The van der Waals surface area contributed by atoms with Crippen molar-refractivity contribution in [3.63, 3.8) is 0 Å². The Labute approximate surface area is 102 Å². The molecule has 1 amide bonds. The van der Waals surface area contributed by atoms with Crippen LogP contribution in [-0.4, -0.2) is 32.3 Å². The molecule has 17 heavy (non-hydrogen) atoms. The standard InChI is InChI=1S/C10H11ClN4O2/c11-9-8-7(13-6-14-9)2-5-15(8)4-1-3-12-10(16)17/h2,5-6,12H,1,3-4H2,(H,16,17). The van der Waals surface area contributed by atoms with E-state index in [0.717, 1.165) is 11.0 Å². The van der Waals surface area contributed by atoms with E-state index < -0.39 is 6.09 Å². The maximum atomic E-state index is 10.3. The van der Waals surface area contributed by atoms with Crippen molar-refractivity contribution in [2.45, 2.75) is 13.0 Å². The van der Waals surface area contributed by atoms with Gasteiger partial charge in [-0.3, -0.25) is 0 Å². The van der Waals surface area contributed by atoms with E-state index in [0.29, 0.717) is 24.7 Å². The molecule has 90 valence electrons. The molecule has 0 aliphatic heterocycles. The molecule has 2 N–H and O–H groups in total. The normalized spacial score (nSPS) is 10.6. The minimum atomic E-state index is -1.01. The van der Waals surface area contributed by atoms with Crippen molar-refractivity contribution in [1.29, 1.82) is 0 Å². The van der Waals surface area contributed by atoms with Crippen LogP contribution in [0.2, 0.25) is 5.15 Å². The highest BCUT2D eigenvalue weighted by atomic mass is 35.5. The first-order valence-corrected chi connectivity index (χ1v) is 5.48. The molecule has 0 radical (unpaired) electrons. The summed E-state index contributed by atoms with van der Waals surface area (Å²) in [7, 11) is 0. The lowest BCUT2D eigenvalue weighted by atomic mass is 10.4. The second-order valence-corrected chi connectivity index (χ2v) is 3.85. The molecular formula is C10H11ClN4O2. The molecule has 0 saturated carbocycles. The quantitative estimate of drug-likeness (QED) is 0.643. The molecule has 6 nitrogen and oxygen atoms in total. The fraction of sp³-hybridized carbons (Fsp3) is 0.300. The largest absolute Gasteiger partial charge is 0.465 e. The Kier molecular flexibility index (Phi) is 3.43. The summed E-state index contributed by atoms with van der Waals surface area (Å²) in [5.74, 6) is 0. The van der Waals surface area contributed by atoms with Crippen molar-refractivity contribution in [1.82, 2.24) is 19.9 Å². The summed E-state index contributed by atoms with van der Waals surface area (Å²) in [6, 6.07) is 1.85. The number of aromatic nitrogens is 3. The van der Waals surface area contributed by atoms with E-state index in [9.17, 15) is 4.79 Å². The van der Waals surface area contributed by atoms with Crippen LogP contribution in [0.25, 0.3) is 11.0 Å². The van der Waals surface area contributed by atoms with E-state index in [-0.39, 0.29) is 0 Å². The first kappa shape index (κ1) is 11.7. The molecule has 0 saturated heterocycles. The number of fused-ring (bicyclic) bond motifs is 1. The van der Waals surface area contributed by atoms with Crippen LogP contribution in [0.1, 0.15) is 6.42 Å². The Morgan fingerprint density at radius 3 is 3.12 bits per heavy atom. The molecule has 0 fully saturated rings. The summed E-state index contributed by atoms with van der Waals surface area (Å²) in [5.41, 5.74) is 1.57. The first-order chi connectivity index (χ1) is 8.18. The van der Waals surface area contributed by atoms with Crippen LogP contribution in [-0.2, 0) is 6.54 Å². The number of halogens is 1. The number of nitrogens with zero attached hydrogens (tertiary/aromatic N) is 3. The zero-order valence-electron chi connectivity index (χ0n) is 8.93. The molecule has 2 aromatic heterocycles. The molecule has 0 aliphatic carbocycles. The maximum absolute atomic E-state index is 10.3. The topological polar surface area (TPSA) is 80.0 Å². The van der Waals surface area contributed by atoms with Crippen LogP contribution in [0.4, 0.5) is 4.79 Å². The minimum Gasteiger partial charge on any atom is -0.465 e. The third-order valence-electron chi connectivity index (χ3n) is 2.36. The third kappa shape index (κ3) is 2.65. The second kappa shape index (κ2) is 5.01. The maximum Gasteiger partial charge on any atom is 0.404 e. The monoisotopic (exact) mass is 254 g/mol. The highest BCUT2D eigenvalue weighted by molar-refractivity contribution is 6.33. The summed E-state index contributed by atoms with van der Waals surface area (Å²) in [6.45, 7) is 1.07. The SMILES string of the molecule is O=C(O)NCCCn1ccc2ncnc(Cl)c21. The fourth-order valence-electron chi connectivity index (χ4n) is 1.62. The van der Waals surface area contributed by atoms with Gasteiger partial charge in [0.25, 0.3) is 0 Å². The van der Waals surface area contributed by atoms with Crippen LogP contribution in [0.5, 0.6) is 0 Å². The number of aryl methyl sites for hydroxylation is 1. The predicted octanol–water partition coefficient (Wildman–Crippen LogP) is 1.74. The van der Waals surface area contributed by atoms with Gasteiger partial charge in [0.05, 0.1) is 5.52 Å². The number of amides is 1. The third-order valence-corrected chi connectivity index (χ3v) is 2.63. The average Bonchev–Trinajstić information content (AvgIpc) is 2.69. The lowest BCUT2D eigenvalue weighted by molar-refractivity contribution is 0.194. The minimum absolute atomic E-state index is 0.403. The van der Waals surface area contributed by atoms with E-state index in [4.69, 9.17) is 16.7 Å². The smallest absolute Gasteiger partial charge is 0.404 e. The van der Waals surface area contributed by atoms with Gasteiger partial charge in [-0.2, -0.15) is 0 Å². The zero-order valence-corrected chi connectivity index (χ0v) is 9.68. The highest BCUT2D eigenvalue weighted by Crippen LogP contribution is 2.20. The van der Waals surface area contributed by atoms with Gasteiger partial charge in [0.2, 0.25) is 0 Å². The van der Waals surface area contributed by atoms with Gasteiger partial charge in [-0.15, -0.1) is 0 Å². The van der Waals surface area contributed by atoms with Crippen LogP contribution in [0.3, 0.4) is 0 Å².